The summed E-state index contributed by atoms with van der Waals surface area (Å²) < 4.78 is 11.8. The fourth-order valence-corrected chi connectivity index (χ4v) is 4.62. The predicted octanol–water partition coefficient (Wildman–Crippen LogP) is 4.67. The van der Waals surface area contributed by atoms with E-state index < -0.39 is 5.92 Å². The van der Waals surface area contributed by atoms with Crippen molar-refractivity contribution >= 4 is 21.7 Å². The summed E-state index contributed by atoms with van der Waals surface area (Å²) in [6.45, 7) is 0. The molecule has 0 bridgehead atoms. The predicted molar refractivity (Wildman–Crippen MR) is 112 cm³/mol. The van der Waals surface area contributed by atoms with Crippen molar-refractivity contribution in [3.05, 3.63) is 86.9 Å². The van der Waals surface area contributed by atoms with Crippen molar-refractivity contribution in [3.63, 3.8) is 0 Å². The molecular formula is C23H19BrN2O3. The van der Waals surface area contributed by atoms with Crippen molar-refractivity contribution in [2.45, 2.75) is 24.7 Å². The molecule has 2 aliphatic rings. The molecule has 1 heterocycles. The van der Waals surface area contributed by atoms with Gasteiger partial charge in [0.05, 0.1) is 17.5 Å². The number of rotatable bonds is 3. The van der Waals surface area contributed by atoms with Crippen molar-refractivity contribution in [3.8, 4) is 11.8 Å². The number of nitrogens with zero attached hydrogens (tertiary/aromatic N) is 1. The van der Waals surface area contributed by atoms with Gasteiger partial charge in [-0.2, -0.15) is 5.26 Å². The van der Waals surface area contributed by atoms with Gasteiger partial charge in [-0.15, -0.1) is 0 Å². The van der Waals surface area contributed by atoms with Gasteiger partial charge in [0.25, 0.3) is 0 Å². The number of Topliss-reactive ketones (excluding diaryl/α,β-unsaturated/α-hetero) is 1. The highest BCUT2D eigenvalue weighted by Crippen LogP contribution is 2.47. The summed E-state index contributed by atoms with van der Waals surface area (Å²) in [6, 6.07) is 17.6. The summed E-state index contributed by atoms with van der Waals surface area (Å²) in [5.74, 6) is 0.757. The zero-order valence-corrected chi connectivity index (χ0v) is 17.4. The summed E-state index contributed by atoms with van der Waals surface area (Å²) >= 11 is 3.49. The number of ketones is 1. The van der Waals surface area contributed by atoms with Crippen molar-refractivity contribution in [2.75, 3.05) is 7.11 Å². The Balaban J connectivity index is 1.80. The largest absolute Gasteiger partial charge is 0.496 e. The molecule has 0 spiro atoms. The fraction of sp³-hybridized carbons (Fsp3) is 0.217. The third-order valence-corrected chi connectivity index (χ3v) is 6.06. The maximum atomic E-state index is 13.2. The van der Waals surface area contributed by atoms with E-state index in [1.54, 1.807) is 13.2 Å². The van der Waals surface area contributed by atoms with Gasteiger partial charge in [0.1, 0.15) is 23.2 Å². The summed E-state index contributed by atoms with van der Waals surface area (Å²) in [4.78, 5) is 13.2. The third kappa shape index (κ3) is 3.43. The molecule has 1 aliphatic heterocycles. The molecule has 4 rings (SSSR count). The standard InChI is InChI=1S/C23H19BrN2O3/c1-28-19-8-7-14(9-17(19)24)21-16(12-25)23(26)29-20-11-15(10-18(27)22(20)21)13-5-3-2-4-6-13/h2-9,15,21H,10-11,26H2,1H3/t15-,21+/m0/s1. The molecule has 6 heteroatoms. The average Bonchev–Trinajstić information content (AvgIpc) is 2.73. The maximum Gasteiger partial charge on any atom is 0.205 e. The van der Waals surface area contributed by atoms with Gasteiger partial charge in [0.15, 0.2) is 5.78 Å². The molecule has 2 aromatic carbocycles. The van der Waals surface area contributed by atoms with Crippen LogP contribution in [0.3, 0.4) is 0 Å². The number of carbonyl (C=O) groups is 1. The Hall–Kier alpha value is -3.04. The van der Waals surface area contributed by atoms with Crippen LogP contribution >= 0.6 is 15.9 Å². The van der Waals surface area contributed by atoms with E-state index in [1.807, 2.05) is 42.5 Å². The Bertz CT molecular complexity index is 1080. The van der Waals surface area contributed by atoms with Crippen LogP contribution in [0.25, 0.3) is 0 Å². The normalized spacial score (nSPS) is 21.3. The number of hydrogen-bond acceptors (Lipinski definition) is 5. The van der Waals surface area contributed by atoms with Crippen LogP contribution in [0, 0.1) is 11.3 Å². The lowest BCUT2D eigenvalue weighted by atomic mass is 9.73. The third-order valence-electron chi connectivity index (χ3n) is 5.44. The average molecular weight is 451 g/mol. The number of ether oxygens (including phenoxy) is 2. The monoisotopic (exact) mass is 450 g/mol. The van der Waals surface area contributed by atoms with Gasteiger partial charge in [-0.05, 0) is 45.1 Å². The molecule has 2 atom stereocenters. The molecule has 2 N–H and O–H groups in total. The quantitative estimate of drug-likeness (QED) is 0.734. The maximum absolute atomic E-state index is 13.2. The van der Waals surface area contributed by atoms with E-state index >= 15 is 0 Å². The molecule has 146 valence electrons. The lowest BCUT2D eigenvalue weighted by molar-refractivity contribution is -0.117. The van der Waals surface area contributed by atoms with Crippen LogP contribution in [-0.4, -0.2) is 12.9 Å². The Labute approximate surface area is 177 Å². The van der Waals surface area contributed by atoms with E-state index in [0.29, 0.717) is 29.9 Å². The van der Waals surface area contributed by atoms with Crippen LogP contribution in [-0.2, 0) is 9.53 Å². The number of benzene rings is 2. The molecule has 0 fully saturated rings. The minimum atomic E-state index is -0.546. The highest BCUT2D eigenvalue weighted by Gasteiger charge is 2.41. The Morgan fingerprint density at radius 1 is 1.17 bits per heavy atom. The lowest BCUT2D eigenvalue weighted by Crippen LogP contribution is -2.29. The summed E-state index contributed by atoms with van der Waals surface area (Å²) in [7, 11) is 1.59. The van der Waals surface area contributed by atoms with Gasteiger partial charge in [-0.25, -0.2) is 0 Å². The van der Waals surface area contributed by atoms with Crippen LogP contribution in [0.2, 0.25) is 0 Å². The number of hydrogen-bond donors (Lipinski definition) is 1. The summed E-state index contributed by atoms with van der Waals surface area (Å²) in [5.41, 5.74) is 8.77. The molecule has 2 aromatic rings. The van der Waals surface area contributed by atoms with Crippen molar-refractivity contribution < 1.29 is 14.3 Å². The molecule has 29 heavy (non-hydrogen) atoms. The van der Waals surface area contributed by atoms with Gasteiger partial charge >= 0.3 is 0 Å². The Morgan fingerprint density at radius 2 is 1.93 bits per heavy atom. The number of methoxy groups -OCH3 is 1. The van der Waals surface area contributed by atoms with Crippen LogP contribution in [0.4, 0.5) is 0 Å². The molecular weight excluding hydrogens is 432 g/mol. The van der Waals surface area contributed by atoms with E-state index in [2.05, 4.69) is 22.0 Å². The number of halogens is 1. The molecule has 1 aliphatic carbocycles. The van der Waals surface area contributed by atoms with E-state index in [4.69, 9.17) is 15.2 Å². The van der Waals surface area contributed by atoms with E-state index in [0.717, 1.165) is 15.6 Å². The number of carbonyl (C=O) groups excluding carboxylic acids is 1. The molecule has 5 nitrogen and oxygen atoms in total. The molecule has 0 aromatic heterocycles. The number of nitriles is 1. The SMILES string of the molecule is COc1ccc([C@@H]2C(C#N)=C(N)OC3=C2C(=O)C[C@H](c2ccccc2)C3)cc1Br. The summed E-state index contributed by atoms with van der Waals surface area (Å²) in [6.07, 6.45) is 0.941. The molecule has 0 amide bonds. The number of allylic oxidation sites excluding steroid dienone is 3. The fourth-order valence-electron chi connectivity index (χ4n) is 4.06. The minimum Gasteiger partial charge on any atom is -0.496 e. The van der Waals surface area contributed by atoms with Crippen LogP contribution in [0.15, 0.2) is 75.8 Å². The van der Waals surface area contributed by atoms with Crippen molar-refractivity contribution in [2.24, 2.45) is 5.73 Å². The van der Waals surface area contributed by atoms with Crippen LogP contribution < -0.4 is 10.5 Å². The first kappa shape index (κ1) is 19.3. The van der Waals surface area contributed by atoms with Gasteiger partial charge in [0, 0.05) is 18.4 Å². The second-order valence-electron chi connectivity index (χ2n) is 7.09. The molecule has 0 saturated carbocycles. The highest BCUT2D eigenvalue weighted by atomic mass is 79.9. The van der Waals surface area contributed by atoms with Gasteiger partial charge in [0.2, 0.25) is 5.88 Å². The second-order valence-corrected chi connectivity index (χ2v) is 7.95. The molecule has 0 radical (unpaired) electrons. The first-order chi connectivity index (χ1) is 14.0. The van der Waals surface area contributed by atoms with E-state index in [1.165, 1.54) is 0 Å². The van der Waals surface area contributed by atoms with Crippen LogP contribution in [0.5, 0.6) is 5.75 Å². The van der Waals surface area contributed by atoms with E-state index in [-0.39, 0.29) is 23.2 Å². The highest BCUT2D eigenvalue weighted by molar-refractivity contribution is 9.10. The van der Waals surface area contributed by atoms with Gasteiger partial charge in [-0.3, -0.25) is 4.79 Å². The second kappa shape index (κ2) is 7.76. The topological polar surface area (TPSA) is 85.3 Å². The first-order valence-corrected chi connectivity index (χ1v) is 10.0. The zero-order valence-electron chi connectivity index (χ0n) is 15.8. The zero-order chi connectivity index (χ0) is 20.5. The Morgan fingerprint density at radius 3 is 2.59 bits per heavy atom. The molecule has 0 unspecified atom stereocenters. The Kier molecular flexibility index (Phi) is 5.16. The number of nitrogens with two attached hydrogens (primary N) is 1. The van der Waals surface area contributed by atoms with Gasteiger partial charge < -0.3 is 15.2 Å². The van der Waals surface area contributed by atoms with Crippen LogP contribution in [0.1, 0.15) is 35.8 Å². The summed E-state index contributed by atoms with van der Waals surface area (Å²) in [5, 5.41) is 9.73. The lowest BCUT2D eigenvalue weighted by Gasteiger charge is -2.34. The van der Waals surface area contributed by atoms with Crippen molar-refractivity contribution in [1.82, 2.24) is 0 Å². The minimum absolute atomic E-state index is 0.0164. The molecule has 0 saturated heterocycles. The van der Waals surface area contributed by atoms with Gasteiger partial charge in [-0.1, -0.05) is 36.4 Å². The smallest absolute Gasteiger partial charge is 0.205 e. The first-order valence-electron chi connectivity index (χ1n) is 9.25. The van der Waals surface area contributed by atoms with E-state index in [9.17, 15) is 10.1 Å². The van der Waals surface area contributed by atoms with Crippen molar-refractivity contribution in [1.29, 1.82) is 5.26 Å².